The fraction of sp³-hybridized carbons (Fsp3) is 0.625. The number of nitrogens with one attached hydrogen (secondary N) is 1. The van der Waals surface area contributed by atoms with E-state index in [1.165, 1.54) is 0 Å². The third kappa shape index (κ3) is 6.38. The van der Waals surface area contributed by atoms with Crippen molar-refractivity contribution < 1.29 is 12.6 Å². The number of hydrogen-bond acceptors (Lipinski definition) is 4. The molecule has 1 aromatic rings. The Balaban J connectivity index is 2.11. The molecule has 23 heavy (non-hydrogen) atoms. The molecule has 0 aliphatic carbocycles. The first-order valence-electron chi connectivity index (χ1n) is 8.04. The maximum atomic E-state index is 11.9. The molecule has 0 bridgehead atoms. The van der Waals surface area contributed by atoms with Gasteiger partial charge in [-0.05, 0) is 25.0 Å². The Morgan fingerprint density at radius 3 is 2.78 bits per heavy atom. The highest BCUT2D eigenvalue weighted by atomic mass is 79.9. The van der Waals surface area contributed by atoms with Crippen LogP contribution < -0.4 is 4.72 Å². The second-order valence-corrected chi connectivity index (χ2v) is 9.56. The van der Waals surface area contributed by atoms with Crippen molar-refractivity contribution in [2.75, 3.05) is 6.61 Å². The van der Waals surface area contributed by atoms with Gasteiger partial charge in [-0.25, -0.2) is 0 Å². The highest BCUT2D eigenvalue weighted by Crippen LogP contribution is 2.33. The summed E-state index contributed by atoms with van der Waals surface area (Å²) in [6.45, 7) is 2.39. The van der Waals surface area contributed by atoms with Crippen molar-refractivity contribution in [3.63, 3.8) is 0 Å². The van der Waals surface area contributed by atoms with Crippen LogP contribution in [0.4, 0.5) is 0 Å². The third-order valence-electron chi connectivity index (χ3n) is 3.83. The van der Waals surface area contributed by atoms with Crippen LogP contribution in [-0.4, -0.2) is 31.1 Å². The van der Waals surface area contributed by atoms with Gasteiger partial charge in [0.15, 0.2) is 0 Å². The molecule has 1 aliphatic rings. The molecular weight excluding hydrogens is 398 g/mol. The molecule has 4 nitrogen and oxygen atoms in total. The van der Waals surface area contributed by atoms with E-state index in [1.54, 1.807) is 11.8 Å². The van der Waals surface area contributed by atoms with Gasteiger partial charge in [-0.2, -0.15) is 13.1 Å². The molecule has 1 heterocycles. The first-order chi connectivity index (χ1) is 11.0. The van der Waals surface area contributed by atoms with Crippen LogP contribution in [0, 0.1) is 0 Å². The first-order valence-corrected chi connectivity index (χ1v) is 11.2. The Kier molecular flexibility index (Phi) is 7.88. The van der Waals surface area contributed by atoms with Crippen LogP contribution in [0.5, 0.6) is 0 Å². The van der Waals surface area contributed by atoms with Crippen molar-refractivity contribution in [2.45, 2.75) is 60.0 Å². The summed E-state index contributed by atoms with van der Waals surface area (Å²) >= 11 is 5.43. The van der Waals surface area contributed by atoms with Gasteiger partial charge >= 0.3 is 10.3 Å². The van der Waals surface area contributed by atoms with E-state index in [2.05, 4.69) is 39.7 Å². The number of thioether (sulfide) groups is 1. The van der Waals surface area contributed by atoms with Gasteiger partial charge in [-0.1, -0.05) is 60.3 Å². The fourth-order valence-corrected chi connectivity index (χ4v) is 6.23. The standard InChI is InChI=1S/C16H24BrNO3S2/c1-2-3-5-10-14(17)16-15(11-12-21-23(19,20)18-16)22-13-8-6-4-7-9-13/h4,6-9,14-16,18H,2-3,5,10-12H2,1H3/t14-,15+,16+/m0/s1. The molecule has 1 saturated heterocycles. The number of alkyl halides is 1. The normalized spacial score (nSPS) is 25.7. The van der Waals surface area contributed by atoms with E-state index >= 15 is 0 Å². The van der Waals surface area contributed by atoms with E-state index in [1.807, 2.05) is 18.2 Å². The van der Waals surface area contributed by atoms with E-state index in [9.17, 15) is 8.42 Å². The average Bonchev–Trinajstić information content (AvgIpc) is 2.67. The minimum Gasteiger partial charge on any atom is -0.258 e. The summed E-state index contributed by atoms with van der Waals surface area (Å²) in [7, 11) is -3.66. The van der Waals surface area contributed by atoms with Crippen LogP contribution in [0.25, 0.3) is 0 Å². The summed E-state index contributed by atoms with van der Waals surface area (Å²) in [4.78, 5) is 1.25. The van der Waals surface area contributed by atoms with Crippen LogP contribution >= 0.6 is 27.7 Å². The summed E-state index contributed by atoms with van der Waals surface area (Å²) in [6.07, 6.45) is 5.06. The van der Waals surface area contributed by atoms with Crippen molar-refractivity contribution in [2.24, 2.45) is 0 Å². The molecule has 0 saturated carbocycles. The highest BCUT2D eigenvalue weighted by molar-refractivity contribution is 9.09. The molecule has 0 amide bonds. The van der Waals surface area contributed by atoms with Gasteiger partial charge in [-0.15, -0.1) is 11.8 Å². The monoisotopic (exact) mass is 421 g/mol. The van der Waals surface area contributed by atoms with Crippen molar-refractivity contribution in [1.82, 2.24) is 4.72 Å². The SMILES string of the molecule is CCCCC[C@H](Br)[C@H]1NS(=O)(=O)OCC[C@H]1Sc1ccccc1. The van der Waals surface area contributed by atoms with Crippen LogP contribution in [0.15, 0.2) is 35.2 Å². The Morgan fingerprint density at radius 2 is 2.09 bits per heavy atom. The Bertz CT molecular complexity index is 568. The molecule has 1 fully saturated rings. The molecule has 2 rings (SSSR count). The number of unbranched alkanes of at least 4 members (excludes halogenated alkanes) is 2. The highest BCUT2D eigenvalue weighted by Gasteiger charge is 2.35. The molecule has 130 valence electrons. The Hall–Kier alpha value is -0.0800. The first kappa shape index (κ1) is 19.2. The largest absolute Gasteiger partial charge is 0.336 e. The lowest BCUT2D eigenvalue weighted by Crippen LogP contribution is -2.46. The molecule has 0 spiro atoms. The summed E-state index contributed by atoms with van der Waals surface area (Å²) in [5.41, 5.74) is 0. The molecule has 0 unspecified atom stereocenters. The lowest BCUT2D eigenvalue weighted by Gasteiger charge is -2.28. The number of rotatable bonds is 7. The maximum absolute atomic E-state index is 11.9. The lowest BCUT2D eigenvalue weighted by atomic mass is 10.0. The number of halogens is 1. The van der Waals surface area contributed by atoms with Gasteiger partial charge in [0, 0.05) is 21.0 Å². The van der Waals surface area contributed by atoms with Gasteiger partial charge in [0.05, 0.1) is 6.61 Å². The second-order valence-electron chi connectivity index (χ2n) is 5.69. The molecule has 1 N–H and O–H groups in total. The van der Waals surface area contributed by atoms with Gasteiger partial charge in [0.1, 0.15) is 0 Å². The predicted octanol–water partition coefficient (Wildman–Crippen LogP) is 4.11. The van der Waals surface area contributed by atoms with Crippen LogP contribution in [0.1, 0.15) is 39.0 Å². The topological polar surface area (TPSA) is 55.4 Å². The zero-order chi connectivity index (χ0) is 16.7. The Labute approximate surface area is 152 Å². The van der Waals surface area contributed by atoms with Gasteiger partial charge in [-0.3, -0.25) is 4.18 Å². The minimum atomic E-state index is -3.66. The molecule has 7 heteroatoms. The summed E-state index contributed by atoms with van der Waals surface area (Å²) in [5.74, 6) is 0. The molecule has 1 aromatic carbocycles. The summed E-state index contributed by atoms with van der Waals surface area (Å²) in [6, 6.07) is 9.93. The van der Waals surface area contributed by atoms with Crippen molar-refractivity contribution in [3.05, 3.63) is 30.3 Å². The summed E-state index contributed by atoms with van der Waals surface area (Å²) < 4.78 is 31.6. The van der Waals surface area contributed by atoms with Crippen LogP contribution in [-0.2, 0) is 14.5 Å². The number of hydrogen-bond donors (Lipinski definition) is 1. The molecule has 1 aliphatic heterocycles. The van der Waals surface area contributed by atoms with E-state index in [4.69, 9.17) is 4.18 Å². The van der Waals surface area contributed by atoms with E-state index in [-0.39, 0.29) is 22.7 Å². The zero-order valence-electron chi connectivity index (χ0n) is 13.3. The molecule has 3 atom stereocenters. The number of benzene rings is 1. The van der Waals surface area contributed by atoms with Crippen LogP contribution in [0.2, 0.25) is 0 Å². The zero-order valence-corrected chi connectivity index (χ0v) is 16.5. The average molecular weight is 422 g/mol. The minimum absolute atomic E-state index is 0.103. The van der Waals surface area contributed by atoms with Crippen molar-refractivity contribution in [1.29, 1.82) is 0 Å². The fourth-order valence-electron chi connectivity index (χ4n) is 2.61. The van der Waals surface area contributed by atoms with Crippen LogP contribution in [0.3, 0.4) is 0 Å². The second kappa shape index (κ2) is 9.42. The maximum Gasteiger partial charge on any atom is 0.336 e. The van der Waals surface area contributed by atoms with Gasteiger partial charge in [0.2, 0.25) is 0 Å². The third-order valence-corrected chi connectivity index (χ3v) is 7.27. The quantitative estimate of drug-likeness (QED) is 0.531. The van der Waals surface area contributed by atoms with Gasteiger partial charge < -0.3 is 0 Å². The van der Waals surface area contributed by atoms with Crippen molar-refractivity contribution in [3.8, 4) is 0 Å². The molecular formula is C16H24BrNO3S2. The Morgan fingerprint density at radius 1 is 1.35 bits per heavy atom. The lowest BCUT2D eigenvalue weighted by molar-refractivity contribution is 0.318. The van der Waals surface area contributed by atoms with E-state index < -0.39 is 10.3 Å². The smallest absolute Gasteiger partial charge is 0.258 e. The van der Waals surface area contributed by atoms with Crippen molar-refractivity contribution >= 4 is 38.0 Å². The predicted molar refractivity (Wildman–Crippen MR) is 99.4 cm³/mol. The van der Waals surface area contributed by atoms with E-state index in [0.717, 1.165) is 30.6 Å². The molecule has 0 aromatic heterocycles. The van der Waals surface area contributed by atoms with E-state index in [0.29, 0.717) is 6.42 Å². The summed E-state index contributed by atoms with van der Waals surface area (Å²) in [5, 5.41) is 0.140. The van der Waals surface area contributed by atoms with Gasteiger partial charge in [0.25, 0.3) is 0 Å². The molecule has 0 radical (unpaired) electrons.